The summed E-state index contributed by atoms with van der Waals surface area (Å²) in [6, 6.07) is 5.55. The smallest absolute Gasteiger partial charge is 0.407 e. The van der Waals surface area contributed by atoms with E-state index in [1.165, 1.54) is 0 Å². The first-order valence-electron chi connectivity index (χ1n) is 9.63. The molecule has 4 N–H and O–H groups in total. The van der Waals surface area contributed by atoms with Gasteiger partial charge in [0.1, 0.15) is 17.2 Å². The van der Waals surface area contributed by atoms with E-state index in [1.807, 2.05) is 0 Å². The fraction of sp³-hybridized carbons (Fsp3) is 0.571. The van der Waals surface area contributed by atoms with Crippen molar-refractivity contribution in [2.45, 2.75) is 71.6 Å². The first-order chi connectivity index (χ1) is 13.3. The zero-order chi connectivity index (χ0) is 22.2. The molecule has 8 heteroatoms. The third-order valence-corrected chi connectivity index (χ3v) is 3.51. The number of carbonyl (C=O) groups is 3. The lowest BCUT2D eigenvalue weighted by molar-refractivity contribution is -0.157. The van der Waals surface area contributed by atoms with Crippen LogP contribution in [-0.2, 0) is 14.3 Å². The second-order valence-corrected chi connectivity index (χ2v) is 8.75. The molecule has 0 spiro atoms. The number of rotatable bonds is 7. The van der Waals surface area contributed by atoms with Gasteiger partial charge >= 0.3 is 12.1 Å². The normalized spacial score (nSPS) is 12.6. The predicted molar refractivity (Wildman–Crippen MR) is 111 cm³/mol. The summed E-state index contributed by atoms with van der Waals surface area (Å²) in [4.78, 5) is 36.7. The molecule has 0 saturated carbocycles. The van der Waals surface area contributed by atoms with Crippen LogP contribution in [0.3, 0.4) is 0 Å². The summed E-state index contributed by atoms with van der Waals surface area (Å²) in [5.41, 5.74) is 5.30. The molecule has 0 unspecified atom stereocenters. The fourth-order valence-corrected chi connectivity index (χ4v) is 2.31. The molecule has 0 aliphatic rings. The van der Waals surface area contributed by atoms with Crippen LogP contribution in [0, 0.1) is 0 Å². The summed E-state index contributed by atoms with van der Waals surface area (Å²) >= 11 is 0. The number of hydrogen-bond donors (Lipinski definition) is 3. The first-order valence-corrected chi connectivity index (χ1v) is 9.63. The van der Waals surface area contributed by atoms with Crippen LogP contribution in [0.1, 0.15) is 64.7 Å². The molecule has 0 aliphatic heterocycles. The van der Waals surface area contributed by atoms with Crippen molar-refractivity contribution in [3.05, 3.63) is 29.8 Å². The molecule has 0 radical (unpaired) electrons. The monoisotopic (exact) mass is 407 g/mol. The molecule has 29 heavy (non-hydrogen) atoms. The number of amides is 2. The summed E-state index contributed by atoms with van der Waals surface area (Å²) in [6.07, 6.45) is 0.216. The van der Waals surface area contributed by atoms with Gasteiger partial charge in [-0.25, -0.2) is 9.59 Å². The Morgan fingerprint density at radius 1 is 0.966 bits per heavy atom. The van der Waals surface area contributed by atoms with Gasteiger partial charge in [0, 0.05) is 17.8 Å². The Morgan fingerprint density at radius 2 is 1.52 bits per heavy atom. The van der Waals surface area contributed by atoms with Crippen molar-refractivity contribution in [1.29, 1.82) is 0 Å². The highest BCUT2D eigenvalue weighted by atomic mass is 16.6. The number of hydrogen-bond acceptors (Lipinski definition) is 6. The second-order valence-electron chi connectivity index (χ2n) is 8.75. The number of nitrogens with two attached hydrogens (primary N) is 1. The lowest BCUT2D eigenvalue weighted by atomic mass is 10.1. The molecule has 1 atom stereocenters. The van der Waals surface area contributed by atoms with Gasteiger partial charge in [0.15, 0.2) is 0 Å². The minimum Gasteiger partial charge on any atom is -0.458 e. The average Bonchev–Trinajstić information content (AvgIpc) is 2.54. The molecule has 0 aromatic heterocycles. The Kier molecular flexibility index (Phi) is 8.48. The van der Waals surface area contributed by atoms with E-state index in [-0.39, 0.29) is 0 Å². The van der Waals surface area contributed by atoms with Crippen LogP contribution in [-0.4, -0.2) is 41.8 Å². The van der Waals surface area contributed by atoms with E-state index in [0.29, 0.717) is 30.6 Å². The molecular formula is C21H33N3O5. The number of esters is 1. The lowest BCUT2D eigenvalue weighted by Gasteiger charge is -2.25. The van der Waals surface area contributed by atoms with Crippen LogP contribution >= 0.6 is 0 Å². The largest absolute Gasteiger partial charge is 0.458 e. The summed E-state index contributed by atoms with van der Waals surface area (Å²) < 4.78 is 10.6. The molecule has 162 valence electrons. The van der Waals surface area contributed by atoms with E-state index in [2.05, 4.69) is 10.6 Å². The van der Waals surface area contributed by atoms with Gasteiger partial charge in [0.25, 0.3) is 5.91 Å². The van der Waals surface area contributed by atoms with E-state index in [1.54, 1.807) is 65.8 Å². The lowest BCUT2D eigenvalue weighted by Crippen LogP contribution is -2.44. The van der Waals surface area contributed by atoms with Crippen LogP contribution in [0.4, 0.5) is 10.5 Å². The maximum absolute atomic E-state index is 12.5. The van der Waals surface area contributed by atoms with E-state index in [9.17, 15) is 14.4 Å². The Labute approximate surface area is 172 Å². The van der Waals surface area contributed by atoms with Crippen LogP contribution in [0.25, 0.3) is 0 Å². The summed E-state index contributed by atoms with van der Waals surface area (Å²) in [5.74, 6) is -0.931. The number of nitrogen functional groups attached to an aromatic ring is 1. The number of carbonyl (C=O) groups excluding carboxylic acids is 3. The quantitative estimate of drug-likeness (QED) is 0.363. The number of anilines is 1. The maximum atomic E-state index is 12.5. The molecular weight excluding hydrogens is 374 g/mol. The molecule has 8 nitrogen and oxygen atoms in total. The van der Waals surface area contributed by atoms with E-state index < -0.39 is 35.2 Å². The Balaban J connectivity index is 2.68. The van der Waals surface area contributed by atoms with E-state index in [0.717, 1.165) is 0 Å². The highest BCUT2D eigenvalue weighted by Gasteiger charge is 2.27. The van der Waals surface area contributed by atoms with Gasteiger partial charge in [-0.3, -0.25) is 4.79 Å². The Morgan fingerprint density at radius 3 is 2.03 bits per heavy atom. The standard InChI is InChI=1S/C21H33N3O5/c1-20(2,3)28-18(26)16(8-7-13-23-19(27)29-21(4,5)6)24-17(25)14-9-11-15(22)12-10-14/h9-12,16H,7-8,13,22H2,1-6H3,(H,23,27)(H,24,25)/t16-/m0/s1. The molecule has 0 fully saturated rings. The van der Waals surface area contributed by atoms with Crippen molar-refractivity contribution in [2.75, 3.05) is 12.3 Å². The van der Waals surface area contributed by atoms with Crippen molar-refractivity contribution >= 4 is 23.7 Å². The molecule has 0 saturated heterocycles. The third-order valence-electron chi connectivity index (χ3n) is 3.51. The topological polar surface area (TPSA) is 120 Å². The van der Waals surface area contributed by atoms with Crippen molar-refractivity contribution in [3.63, 3.8) is 0 Å². The molecule has 1 rings (SSSR count). The van der Waals surface area contributed by atoms with Crippen molar-refractivity contribution in [2.24, 2.45) is 0 Å². The van der Waals surface area contributed by atoms with Crippen LogP contribution < -0.4 is 16.4 Å². The van der Waals surface area contributed by atoms with Gasteiger partial charge < -0.3 is 25.8 Å². The van der Waals surface area contributed by atoms with Gasteiger partial charge in [0.2, 0.25) is 0 Å². The molecule has 1 aromatic carbocycles. The van der Waals surface area contributed by atoms with E-state index in [4.69, 9.17) is 15.2 Å². The minimum absolute atomic E-state index is 0.297. The summed E-state index contributed by atoms with van der Waals surface area (Å²) in [6.45, 7) is 10.9. The number of ether oxygens (including phenoxy) is 2. The predicted octanol–water partition coefficient (Wildman–Crippen LogP) is 3.01. The average molecular weight is 408 g/mol. The number of benzene rings is 1. The zero-order valence-corrected chi connectivity index (χ0v) is 18.1. The molecule has 0 heterocycles. The van der Waals surface area contributed by atoms with Gasteiger partial charge in [-0.2, -0.15) is 0 Å². The third kappa shape index (κ3) is 10.4. The SMILES string of the molecule is CC(C)(C)OC(=O)NCCC[C@H](NC(=O)c1ccc(N)cc1)C(=O)OC(C)(C)C. The van der Waals surface area contributed by atoms with Gasteiger partial charge in [-0.15, -0.1) is 0 Å². The minimum atomic E-state index is -0.847. The highest BCUT2D eigenvalue weighted by Crippen LogP contribution is 2.12. The Hall–Kier alpha value is -2.77. The molecule has 2 amide bonds. The van der Waals surface area contributed by atoms with E-state index >= 15 is 0 Å². The van der Waals surface area contributed by atoms with Crippen molar-refractivity contribution < 1.29 is 23.9 Å². The second kappa shape index (κ2) is 10.1. The fourth-order valence-electron chi connectivity index (χ4n) is 2.31. The highest BCUT2D eigenvalue weighted by molar-refractivity contribution is 5.97. The summed E-state index contributed by atoms with van der Waals surface area (Å²) in [5, 5.41) is 5.34. The first kappa shape index (κ1) is 24.3. The van der Waals surface area contributed by atoms with Gasteiger partial charge in [0.05, 0.1) is 0 Å². The van der Waals surface area contributed by atoms with Crippen LogP contribution in [0.15, 0.2) is 24.3 Å². The number of alkyl carbamates (subject to hydrolysis) is 1. The molecule has 0 bridgehead atoms. The number of nitrogens with one attached hydrogen (secondary N) is 2. The Bertz CT molecular complexity index is 703. The van der Waals surface area contributed by atoms with Crippen molar-refractivity contribution in [3.8, 4) is 0 Å². The molecule has 1 aromatic rings. The van der Waals surface area contributed by atoms with Crippen LogP contribution in [0.5, 0.6) is 0 Å². The van der Waals surface area contributed by atoms with Crippen LogP contribution in [0.2, 0.25) is 0 Å². The summed E-state index contributed by atoms with van der Waals surface area (Å²) in [7, 11) is 0. The van der Waals surface area contributed by atoms with Gasteiger partial charge in [-0.1, -0.05) is 0 Å². The van der Waals surface area contributed by atoms with Crippen molar-refractivity contribution in [1.82, 2.24) is 10.6 Å². The maximum Gasteiger partial charge on any atom is 0.407 e. The zero-order valence-electron chi connectivity index (χ0n) is 18.1. The molecule has 0 aliphatic carbocycles. The van der Waals surface area contributed by atoms with Gasteiger partial charge in [-0.05, 0) is 78.6 Å².